The number of esters is 1. The molecule has 2 aromatic heterocycles. The number of ether oxygens (including phenoxy) is 1. The Kier molecular flexibility index (Phi) is 5.59. The highest BCUT2D eigenvalue weighted by molar-refractivity contribution is 6.04. The van der Waals surface area contributed by atoms with E-state index in [2.05, 4.69) is 10.5 Å². The van der Waals surface area contributed by atoms with Crippen molar-refractivity contribution in [1.82, 2.24) is 5.16 Å². The molecule has 0 aliphatic heterocycles. The van der Waals surface area contributed by atoms with Gasteiger partial charge in [-0.05, 0) is 32.9 Å². The minimum Gasteiger partial charge on any atom is -0.455 e. The largest absolute Gasteiger partial charge is 0.455 e. The molecule has 1 atom stereocenters. The number of rotatable bonds is 5. The molecule has 0 unspecified atom stereocenters. The fraction of sp³-hybridized carbons (Fsp3) is 0.167. The number of aromatic nitrogens is 1. The van der Waals surface area contributed by atoms with Gasteiger partial charge in [0.2, 0.25) is 0 Å². The molecule has 0 aliphatic carbocycles. The Bertz CT molecular complexity index is 1370. The zero-order valence-electron chi connectivity index (χ0n) is 17.7. The molecule has 32 heavy (non-hydrogen) atoms. The number of aryl methyl sites for hydroxylation is 1. The van der Waals surface area contributed by atoms with Gasteiger partial charge in [-0.3, -0.25) is 9.59 Å². The van der Waals surface area contributed by atoms with E-state index in [4.69, 9.17) is 13.7 Å². The van der Waals surface area contributed by atoms with Gasteiger partial charge >= 0.3 is 5.97 Å². The van der Waals surface area contributed by atoms with Crippen LogP contribution >= 0.6 is 0 Å². The van der Waals surface area contributed by atoms with Crippen LogP contribution in [0.1, 0.15) is 28.6 Å². The standard InChI is InChI=1S/C24H20N2O6/c1-13-12-19(26-32-13)25-23(28)15(3)30-24(29)18-11-7-10-17-20(27)14(2)21(31-22(17)18)16-8-5-4-6-9-16/h4-12,15H,1-3H3,(H,25,26,28)/t15-/m1/s1. The van der Waals surface area contributed by atoms with Crippen molar-refractivity contribution in [2.75, 3.05) is 5.32 Å². The molecule has 0 aliphatic rings. The second-order valence-electron chi connectivity index (χ2n) is 7.29. The Morgan fingerprint density at radius 1 is 1.06 bits per heavy atom. The summed E-state index contributed by atoms with van der Waals surface area (Å²) in [4.78, 5) is 38.2. The van der Waals surface area contributed by atoms with Gasteiger partial charge in [-0.1, -0.05) is 41.6 Å². The van der Waals surface area contributed by atoms with Crippen LogP contribution in [-0.4, -0.2) is 23.1 Å². The third kappa shape index (κ3) is 4.02. The second kappa shape index (κ2) is 8.50. The molecule has 2 heterocycles. The normalized spacial score (nSPS) is 11.8. The molecule has 8 nitrogen and oxygen atoms in total. The first kappa shape index (κ1) is 21.0. The van der Waals surface area contributed by atoms with Gasteiger partial charge in [0.25, 0.3) is 5.91 Å². The van der Waals surface area contributed by atoms with E-state index in [1.165, 1.54) is 13.0 Å². The molecule has 0 spiro atoms. The minimum absolute atomic E-state index is 0.0497. The van der Waals surface area contributed by atoms with Crippen molar-refractivity contribution in [2.24, 2.45) is 0 Å². The summed E-state index contributed by atoms with van der Waals surface area (Å²) in [5, 5.41) is 6.44. The van der Waals surface area contributed by atoms with E-state index < -0.39 is 18.0 Å². The van der Waals surface area contributed by atoms with Gasteiger partial charge in [-0.15, -0.1) is 0 Å². The van der Waals surface area contributed by atoms with E-state index in [-0.39, 0.29) is 27.8 Å². The van der Waals surface area contributed by atoms with E-state index in [0.717, 1.165) is 0 Å². The number of anilines is 1. The number of para-hydroxylation sites is 1. The molecular formula is C24H20N2O6. The van der Waals surface area contributed by atoms with Crippen molar-refractivity contribution in [3.8, 4) is 11.3 Å². The molecule has 4 rings (SSSR count). The van der Waals surface area contributed by atoms with Crippen LogP contribution in [0.4, 0.5) is 5.82 Å². The summed E-state index contributed by atoms with van der Waals surface area (Å²) in [6.07, 6.45) is -1.12. The minimum atomic E-state index is -1.12. The van der Waals surface area contributed by atoms with Crippen molar-refractivity contribution < 1.29 is 23.3 Å². The molecule has 162 valence electrons. The molecule has 0 saturated carbocycles. The number of fused-ring (bicyclic) bond motifs is 1. The number of hydrogen-bond donors (Lipinski definition) is 1. The summed E-state index contributed by atoms with van der Waals surface area (Å²) in [5.74, 6) is -0.250. The maximum Gasteiger partial charge on any atom is 0.342 e. The Morgan fingerprint density at radius 3 is 2.50 bits per heavy atom. The molecular weight excluding hydrogens is 412 g/mol. The van der Waals surface area contributed by atoms with Crippen molar-refractivity contribution in [1.29, 1.82) is 0 Å². The summed E-state index contributed by atoms with van der Waals surface area (Å²) >= 11 is 0. The lowest BCUT2D eigenvalue weighted by atomic mass is 10.0. The molecule has 0 fully saturated rings. The van der Waals surface area contributed by atoms with Crippen LogP contribution in [0.25, 0.3) is 22.3 Å². The Morgan fingerprint density at radius 2 is 1.81 bits per heavy atom. The highest BCUT2D eigenvalue weighted by atomic mass is 16.5. The van der Waals surface area contributed by atoms with Crippen LogP contribution < -0.4 is 10.7 Å². The predicted molar refractivity (Wildman–Crippen MR) is 117 cm³/mol. The second-order valence-corrected chi connectivity index (χ2v) is 7.29. The maximum absolute atomic E-state index is 12.9. The zero-order chi connectivity index (χ0) is 22.8. The van der Waals surface area contributed by atoms with E-state index in [0.29, 0.717) is 22.6 Å². The average Bonchev–Trinajstić information content (AvgIpc) is 3.20. The van der Waals surface area contributed by atoms with Crippen LogP contribution in [0, 0.1) is 13.8 Å². The first-order chi connectivity index (χ1) is 15.3. The lowest BCUT2D eigenvalue weighted by Crippen LogP contribution is -2.30. The lowest BCUT2D eigenvalue weighted by molar-refractivity contribution is -0.123. The van der Waals surface area contributed by atoms with E-state index >= 15 is 0 Å². The topological polar surface area (TPSA) is 112 Å². The Balaban J connectivity index is 1.66. The first-order valence-electron chi connectivity index (χ1n) is 9.92. The fourth-order valence-electron chi connectivity index (χ4n) is 3.27. The Labute approximate surface area is 182 Å². The van der Waals surface area contributed by atoms with Crippen molar-refractivity contribution >= 4 is 28.7 Å². The molecule has 1 N–H and O–H groups in total. The number of amides is 1. The maximum atomic E-state index is 12.9. The SMILES string of the molecule is Cc1cc(NC(=O)[C@@H](C)OC(=O)c2cccc3c(=O)c(C)c(-c4ccccc4)oc23)no1. The van der Waals surface area contributed by atoms with Gasteiger partial charge in [0.05, 0.1) is 5.39 Å². The average molecular weight is 432 g/mol. The van der Waals surface area contributed by atoms with Gasteiger partial charge in [0.15, 0.2) is 22.9 Å². The summed E-state index contributed by atoms with van der Waals surface area (Å²) in [7, 11) is 0. The van der Waals surface area contributed by atoms with Crippen molar-refractivity contribution in [2.45, 2.75) is 26.9 Å². The molecule has 1 amide bonds. The summed E-state index contributed by atoms with van der Waals surface area (Å²) in [5.41, 5.74) is 1.06. The predicted octanol–water partition coefficient (Wildman–Crippen LogP) is 4.25. The zero-order valence-corrected chi connectivity index (χ0v) is 17.7. The highest BCUT2D eigenvalue weighted by Crippen LogP contribution is 2.27. The van der Waals surface area contributed by atoms with E-state index in [9.17, 15) is 14.4 Å². The molecule has 0 saturated heterocycles. The third-order valence-corrected chi connectivity index (χ3v) is 4.93. The van der Waals surface area contributed by atoms with Gasteiger partial charge in [-0.2, -0.15) is 0 Å². The molecule has 0 bridgehead atoms. The van der Waals surface area contributed by atoms with Crippen LogP contribution in [-0.2, 0) is 9.53 Å². The van der Waals surface area contributed by atoms with Gasteiger partial charge < -0.3 is 19.0 Å². The van der Waals surface area contributed by atoms with Crippen molar-refractivity contribution in [3.63, 3.8) is 0 Å². The molecule has 2 aromatic carbocycles. The number of benzene rings is 2. The molecule has 4 aromatic rings. The molecule has 8 heteroatoms. The number of carbonyl (C=O) groups excluding carboxylic acids is 2. The summed E-state index contributed by atoms with van der Waals surface area (Å²) in [6, 6.07) is 15.3. The van der Waals surface area contributed by atoms with Gasteiger partial charge in [-0.25, -0.2) is 4.79 Å². The number of hydrogen-bond acceptors (Lipinski definition) is 7. The highest BCUT2D eigenvalue weighted by Gasteiger charge is 2.24. The van der Waals surface area contributed by atoms with Crippen LogP contribution in [0.3, 0.4) is 0 Å². The van der Waals surface area contributed by atoms with E-state index in [1.54, 1.807) is 32.0 Å². The fourth-order valence-corrected chi connectivity index (χ4v) is 3.27. The smallest absolute Gasteiger partial charge is 0.342 e. The number of carbonyl (C=O) groups is 2. The van der Waals surface area contributed by atoms with Crippen LogP contribution in [0.5, 0.6) is 0 Å². The molecule has 0 radical (unpaired) electrons. The number of nitrogens with zero attached hydrogens (tertiary/aromatic N) is 1. The summed E-state index contributed by atoms with van der Waals surface area (Å²) < 4.78 is 16.3. The lowest BCUT2D eigenvalue weighted by Gasteiger charge is -2.14. The van der Waals surface area contributed by atoms with Gasteiger partial charge in [0, 0.05) is 17.2 Å². The monoisotopic (exact) mass is 432 g/mol. The summed E-state index contributed by atoms with van der Waals surface area (Å²) in [6.45, 7) is 4.80. The van der Waals surface area contributed by atoms with Gasteiger partial charge in [0.1, 0.15) is 17.1 Å². The third-order valence-electron chi connectivity index (χ3n) is 4.93. The van der Waals surface area contributed by atoms with E-state index in [1.807, 2.05) is 30.3 Å². The van der Waals surface area contributed by atoms with Crippen molar-refractivity contribution in [3.05, 3.63) is 81.7 Å². The first-order valence-corrected chi connectivity index (χ1v) is 9.92. The quantitative estimate of drug-likeness (QED) is 0.469. The van der Waals surface area contributed by atoms with Crippen LogP contribution in [0.15, 0.2) is 68.3 Å². The van der Waals surface area contributed by atoms with Crippen LogP contribution in [0.2, 0.25) is 0 Å². The number of nitrogens with one attached hydrogen (secondary N) is 1. The Hall–Kier alpha value is -4.20.